The molecule has 0 aromatic heterocycles. The van der Waals surface area contributed by atoms with Gasteiger partial charge in [-0.25, -0.2) is 9.59 Å². The highest BCUT2D eigenvalue weighted by Crippen LogP contribution is 2.40. The van der Waals surface area contributed by atoms with Gasteiger partial charge in [-0.15, -0.1) is 0 Å². The van der Waals surface area contributed by atoms with Gasteiger partial charge < -0.3 is 44.1 Å². The van der Waals surface area contributed by atoms with E-state index in [2.05, 4.69) is 137 Å². The number of rotatable bonds is 18. The summed E-state index contributed by atoms with van der Waals surface area (Å²) in [7, 11) is 2.41. The SMILES string of the molecule is C.C.CC1(C)OB(c2ccc3c(c2)CN(C2CC2)C3=O)OC1(C)C.CCN1C(=O)CN([C@H](C)c2ccc(-c3ccc4c(c3)CN(C3CC3)C4=O)cc2)C1=O.CCN1C(=O)CN([C@H](C)c2ccc(Br)cc2Cl)C1=O.CCN=CC=O.COC(=O)CBr.COC(=O)CC[C@H](C)c1ccc(Br)cc1.C[C@@H](N)c1ccc(Br)cc1. The first-order valence-electron chi connectivity index (χ1n) is 36.2. The number of aldehydes is 1. The second-order valence-electron chi connectivity index (χ2n) is 27.8. The van der Waals surface area contributed by atoms with Crippen LogP contribution >= 0.6 is 75.3 Å². The van der Waals surface area contributed by atoms with Crippen LogP contribution in [-0.4, -0.2) is 172 Å². The average molecular weight is 1790 g/mol. The first-order chi connectivity index (χ1) is 51.3. The molecule has 7 aliphatic rings. The summed E-state index contributed by atoms with van der Waals surface area (Å²) in [5.74, 6) is 0.0461. The Kier molecular flexibility index (Phi) is 36.4. The highest BCUT2D eigenvalue weighted by atomic mass is 79.9. The topological polar surface area (TPSA) is 248 Å². The third kappa shape index (κ3) is 24.8. The molecule has 6 aromatic rings. The predicted octanol–water partition coefficient (Wildman–Crippen LogP) is 17.4. The molecule has 2 saturated carbocycles. The number of likely N-dealkylation sites (N-methyl/N-ethyl adjacent to an activating group) is 2. The van der Waals surface area contributed by atoms with Gasteiger partial charge in [0, 0.05) is 86.8 Å². The van der Waals surface area contributed by atoms with Crippen LogP contribution in [0.5, 0.6) is 0 Å². The summed E-state index contributed by atoms with van der Waals surface area (Å²) in [6.07, 6.45) is 7.75. The highest BCUT2D eigenvalue weighted by molar-refractivity contribution is 9.11. The Hall–Kier alpha value is -7.43. The number of benzene rings is 6. The van der Waals surface area contributed by atoms with E-state index in [4.69, 9.17) is 26.6 Å². The molecule has 0 spiro atoms. The summed E-state index contributed by atoms with van der Waals surface area (Å²) < 4.78 is 24.1. The number of aliphatic imine (C=N–C) groups is 1. The molecule has 2 aliphatic carbocycles. The van der Waals surface area contributed by atoms with Gasteiger partial charge in [0.15, 0.2) is 6.29 Å². The van der Waals surface area contributed by atoms with Gasteiger partial charge >= 0.3 is 31.1 Å². The molecule has 0 bridgehead atoms. The minimum Gasteiger partial charge on any atom is -0.469 e. The maximum Gasteiger partial charge on any atom is 0.494 e. The monoisotopic (exact) mass is 1780 g/mol. The number of imide groups is 2. The number of urea groups is 2. The minimum absolute atomic E-state index is 0. The molecular weight excluding hydrogens is 1680 g/mol. The fourth-order valence-electron chi connectivity index (χ4n) is 12.2. The number of amides is 8. The molecule has 0 radical (unpaired) electrons. The van der Waals surface area contributed by atoms with Crippen molar-refractivity contribution in [3.63, 3.8) is 0 Å². The number of hydrogen-bond donors (Lipinski definition) is 1. The zero-order valence-corrected chi connectivity index (χ0v) is 70.7. The molecule has 4 atom stereocenters. The number of nitrogens with two attached hydrogens (primary N) is 1. The van der Waals surface area contributed by atoms with Crippen molar-refractivity contribution in [2.24, 2.45) is 10.7 Å². The third-order valence-corrected chi connectivity index (χ3v) is 22.1. The lowest BCUT2D eigenvalue weighted by Crippen LogP contribution is -2.41. The molecule has 6 aromatic carbocycles. The van der Waals surface area contributed by atoms with Crippen molar-refractivity contribution >= 4 is 148 Å². The molecule has 13 rings (SSSR count). The molecular formula is C83H106BBr4ClN8O13. The number of nitrogens with zero attached hydrogens (tertiary/aromatic N) is 7. The van der Waals surface area contributed by atoms with Crippen LogP contribution in [0.25, 0.3) is 11.1 Å². The van der Waals surface area contributed by atoms with Crippen molar-refractivity contribution in [2.45, 2.75) is 190 Å². The van der Waals surface area contributed by atoms with Crippen molar-refractivity contribution in [3.8, 4) is 11.1 Å². The average Bonchev–Trinajstić information content (AvgIpc) is 1.61. The van der Waals surface area contributed by atoms with Crippen LogP contribution in [0.3, 0.4) is 0 Å². The van der Waals surface area contributed by atoms with Gasteiger partial charge in [-0.2, -0.15) is 0 Å². The van der Waals surface area contributed by atoms with E-state index in [0.29, 0.717) is 61.9 Å². The largest absolute Gasteiger partial charge is 0.494 e. The quantitative estimate of drug-likeness (QED) is 0.0210. The summed E-state index contributed by atoms with van der Waals surface area (Å²) >= 11 is 19.2. The van der Waals surface area contributed by atoms with Crippen LogP contribution in [0.1, 0.15) is 208 Å². The summed E-state index contributed by atoms with van der Waals surface area (Å²) in [6, 6.07) is 42.1. The third-order valence-electron chi connectivity index (χ3n) is 19.8. The zero-order valence-electron chi connectivity index (χ0n) is 63.6. The number of alkyl halides is 1. The minimum atomic E-state index is -0.361. The van der Waals surface area contributed by atoms with Crippen LogP contribution in [0.15, 0.2) is 146 Å². The molecule has 27 heteroatoms. The van der Waals surface area contributed by atoms with Gasteiger partial charge in [-0.3, -0.25) is 48.4 Å². The van der Waals surface area contributed by atoms with Crippen molar-refractivity contribution in [1.29, 1.82) is 0 Å². The Bertz CT molecular complexity index is 4160. The van der Waals surface area contributed by atoms with E-state index in [1.807, 2.05) is 141 Å². The number of methoxy groups -OCH3 is 2. The summed E-state index contributed by atoms with van der Waals surface area (Å²) in [6.45, 7) is 24.8. The molecule has 2 N–H and O–H groups in total. The summed E-state index contributed by atoms with van der Waals surface area (Å²) in [4.78, 5) is 117. The van der Waals surface area contributed by atoms with Crippen molar-refractivity contribution in [2.75, 3.05) is 52.3 Å². The molecule has 8 amide bonds. The molecule has 594 valence electrons. The van der Waals surface area contributed by atoms with Gasteiger partial charge in [0.25, 0.3) is 11.8 Å². The molecule has 5 heterocycles. The zero-order chi connectivity index (χ0) is 79.5. The maximum atomic E-state index is 12.5. The van der Waals surface area contributed by atoms with Crippen LogP contribution in [-0.2, 0) is 55.8 Å². The maximum absolute atomic E-state index is 12.5. The van der Waals surface area contributed by atoms with Crippen LogP contribution in [0.4, 0.5) is 9.59 Å². The molecule has 21 nitrogen and oxygen atoms in total. The molecule has 5 fully saturated rings. The van der Waals surface area contributed by atoms with Crippen LogP contribution in [0.2, 0.25) is 5.02 Å². The summed E-state index contributed by atoms with van der Waals surface area (Å²) in [5, 5.41) is 0.862. The van der Waals surface area contributed by atoms with Crippen LogP contribution < -0.4 is 11.2 Å². The fourth-order valence-corrected chi connectivity index (χ4v) is 13.8. The normalized spacial score (nSPS) is 17.3. The molecule has 0 unspecified atom stereocenters. The Morgan fingerprint density at radius 1 is 0.600 bits per heavy atom. The number of carbonyl (C=O) groups excluding carboxylic acids is 9. The van der Waals surface area contributed by atoms with E-state index in [9.17, 15) is 43.2 Å². The van der Waals surface area contributed by atoms with Crippen LogP contribution in [0, 0.1) is 0 Å². The van der Waals surface area contributed by atoms with Gasteiger partial charge in [-0.1, -0.05) is 170 Å². The lowest BCUT2D eigenvalue weighted by atomic mass is 9.78. The lowest BCUT2D eigenvalue weighted by Gasteiger charge is -2.32. The van der Waals surface area contributed by atoms with Crippen molar-refractivity contribution in [1.82, 2.24) is 29.4 Å². The van der Waals surface area contributed by atoms with E-state index >= 15 is 0 Å². The first-order valence-corrected chi connectivity index (χ1v) is 40.0. The van der Waals surface area contributed by atoms with E-state index < -0.39 is 0 Å². The van der Waals surface area contributed by atoms with E-state index in [-0.39, 0.29) is 117 Å². The Labute approximate surface area is 688 Å². The number of hydrogen-bond acceptors (Lipinski definition) is 15. The highest BCUT2D eigenvalue weighted by Gasteiger charge is 2.52. The standard InChI is InChI=1S/C24H25N3O3.C17H22BNO3.C13H14BrClN2O2.C12H15BrO2.C8H10BrN.C4H7NO.C3H5BrO2.2CH4/c1-3-25-22(28)14-26(24(25)30)15(2)16-4-6-17(7-5-16)18-8-11-21-19(12-18)13-27(23(21)29)20-9-10-20;1-16(2)17(3,4)22-18(21-16)12-5-8-14-11(9-12)10-19(15(14)20)13-6-7-13;1-3-16-12(18)7-17(13(16)19)8(2)10-5-4-9(14)6-11(10)15;1-9(3-8-12(14)15-2)10-4-6-11(13)7-5-10;1-6(10)7-2-4-8(9)5-3-7;1-2-5-3-4-6;1-6-3(5)2-4;;/h4-8,11-12,15,20H,3,9-10,13-14H2,1-2H3;5,8-9,13H,6-7,10H2,1-4H3;4-6,8H,3,7H2,1-2H3;4-7,9H,3,8H2,1-2H3;2-6H,10H2,1H3;3-4H,2H2,1H3;2H2,1H3;2*1H4/t15-;;8-;9-;6-;;;;/m1.101..../s1. The molecule has 110 heavy (non-hydrogen) atoms. The second kappa shape index (κ2) is 43.0. The first kappa shape index (κ1) is 93.2. The Balaban J connectivity index is 0.000000244. The number of esters is 2. The number of ether oxygens (including phenoxy) is 2. The van der Waals surface area contributed by atoms with E-state index in [0.717, 1.165) is 102 Å². The smallest absolute Gasteiger partial charge is 0.469 e. The van der Waals surface area contributed by atoms with Gasteiger partial charge in [-0.05, 0) is 212 Å². The lowest BCUT2D eigenvalue weighted by molar-refractivity contribution is -0.141. The molecule has 5 aliphatic heterocycles. The van der Waals surface area contributed by atoms with Gasteiger partial charge in [0.05, 0.1) is 43.7 Å². The van der Waals surface area contributed by atoms with E-state index in [1.165, 1.54) is 41.4 Å². The Morgan fingerprint density at radius 3 is 1.45 bits per heavy atom. The summed E-state index contributed by atoms with van der Waals surface area (Å²) in [5.41, 5.74) is 16.3. The number of halogens is 5. The number of fused-ring (bicyclic) bond motifs is 2. The van der Waals surface area contributed by atoms with Crippen molar-refractivity contribution < 1.29 is 61.9 Å². The van der Waals surface area contributed by atoms with E-state index in [1.54, 1.807) is 22.8 Å². The second-order valence-corrected chi connectivity index (χ2v) is 31.6. The van der Waals surface area contributed by atoms with Gasteiger partial charge in [0.1, 0.15) is 18.4 Å². The fraction of sp³-hybridized carbons (Fsp3) is 0.446. The van der Waals surface area contributed by atoms with Crippen molar-refractivity contribution in [3.05, 3.63) is 190 Å². The Morgan fingerprint density at radius 2 is 1.05 bits per heavy atom. The predicted molar refractivity (Wildman–Crippen MR) is 450 cm³/mol. The van der Waals surface area contributed by atoms with Gasteiger partial charge in [0.2, 0.25) is 11.8 Å². The number of carbonyl (C=O) groups is 9. The molecule has 3 saturated heterocycles.